The minimum Gasteiger partial charge on any atom is -0.383 e. The Bertz CT molecular complexity index is 1010. The molecule has 1 aliphatic heterocycles. The summed E-state index contributed by atoms with van der Waals surface area (Å²) in [5, 5.41) is 0.330. The smallest absolute Gasteiger partial charge is 0.253 e. The lowest BCUT2D eigenvalue weighted by molar-refractivity contribution is -0.115. The predicted molar refractivity (Wildman–Crippen MR) is 104 cm³/mol. The van der Waals surface area contributed by atoms with Gasteiger partial charge >= 0.3 is 0 Å². The number of hydrogen-bond acceptors (Lipinski definition) is 6. The van der Waals surface area contributed by atoms with Gasteiger partial charge in [-0.1, -0.05) is 47.8 Å². The molecule has 26 heavy (non-hydrogen) atoms. The van der Waals surface area contributed by atoms with E-state index in [1.54, 1.807) is 16.7 Å². The van der Waals surface area contributed by atoms with Crippen LogP contribution in [0.4, 0.5) is 17.2 Å². The summed E-state index contributed by atoms with van der Waals surface area (Å²) in [7, 11) is 0. The van der Waals surface area contributed by atoms with Crippen LogP contribution in [0.2, 0.25) is 0 Å². The first-order chi connectivity index (χ1) is 12.6. The van der Waals surface area contributed by atoms with E-state index < -0.39 is 0 Å². The average molecular weight is 382 g/mol. The quantitative estimate of drug-likeness (QED) is 0.534. The Morgan fingerprint density at radius 3 is 2.35 bits per heavy atom. The molecule has 0 saturated carbocycles. The maximum atomic E-state index is 13.0. The van der Waals surface area contributed by atoms with Crippen LogP contribution in [0.5, 0.6) is 0 Å². The molecule has 1 aliphatic rings. The SMILES string of the molecule is Nc1cc(=O)[nH]c(SCC(=O)N2c3ccccc3Sc3ccccc32)n1. The molecule has 3 N–H and O–H groups in total. The Hall–Kier alpha value is -2.71. The van der Waals surface area contributed by atoms with Gasteiger partial charge in [-0.2, -0.15) is 0 Å². The van der Waals surface area contributed by atoms with Crippen molar-refractivity contribution in [3.63, 3.8) is 0 Å². The average Bonchev–Trinajstić information content (AvgIpc) is 2.63. The zero-order valence-electron chi connectivity index (χ0n) is 13.5. The van der Waals surface area contributed by atoms with E-state index in [0.717, 1.165) is 32.9 Å². The standard InChI is InChI=1S/C18H14N4O2S2/c19-15-9-16(23)21-18(20-15)25-10-17(24)22-11-5-1-3-7-13(11)26-14-8-4-2-6-12(14)22/h1-9H,10H2,(H3,19,20,21,23). The molecule has 6 nitrogen and oxygen atoms in total. The summed E-state index contributed by atoms with van der Waals surface area (Å²) in [4.78, 5) is 34.9. The fraction of sp³-hybridized carbons (Fsp3) is 0.0556. The van der Waals surface area contributed by atoms with Crippen LogP contribution in [-0.2, 0) is 4.79 Å². The first kappa shape index (κ1) is 16.7. The molecule has 2 heterocycles. The summed E-state index contributed by atoms with van der Waals surface area (Å²) in [6, 6.07) is 16.8. The second kappa shape index (κ2) is 6.89. The molecule has 1 aromatic heterocycles. The molecule has 1 amide bonds. The van der Waals surface area contributed by atoms with Gasteiger partial charge in [0.05, 0.1) is 17.1 Å². The molecule has 3 aromatic rings. The van der Waals surface area contributed by atoms with Crippen LogP contribution in [0.3, 0.4) is 0 Å². The Kier molecular flexibility index (Phi) is 4.44. The molecular weight excluding hydrogens is 368 g/mol. The number of thioether (sulfide) groups is 1. The number of rotatable bonds is 3. The predicted octanol–water partition coefficient (Wildman–Crippen LogP) is 3.27. The molecule has 0 spiro atoms. The molecule has 0 unspecified atom stereocenters. The molecular formula is C18H14N4O2S2. The van der Waals surface area contributed by atoms with Crippen LogP contribution in [0.1, 0.15) is 0 Å². The molecule has 4 rings (SSSR count). The summed E-state index contributed by atoms with van der Waals surface area (Å²) in [5.74, 6) is 0.161. The lowest BCUT2D eigenvalue weighted by atomic mass is 10.2. The van der Waals surface area contributed by atoms with Gasteiger partial charge in [0.15, 0.2) is 5.16 Å². The number of aromatic nitrogens is 2. The van der Waals surface area contributed by atoms with Gasteiger partial charge in [-0.25, -0.2) is 4.98 Å². The van der Waals surface area contributed by atoms with E-state index in [-0.39, 0.29) is 23.0 Å². The summed E-state index contributed by atoms with van der Waals surface area (Å²) in [6.45, 7) is 0. The number of carbonyl (C=O) groups is 1. The Morgan fingerprint density at radius 1 is 1.12 bits per heavy atom. The molecule has 0 saturated heterocycles. The number of benzene rings is 2. The summed E-state index contributed by atoms with van der Waals surface area (Å²) < 4.78 is 0. The van der Waals surface area contributed by atoms with Crippen LogP contribution in [-0.4, -0.2) is 21.6 Å². The molecule has 2 aromatic carbocycles. The van der Waals surface area contributed by atoms with Crippen LogP contribution < -0.4 is 16.2 Å². The number of nitrogens with one attached hydrogen (secondary N) is 1. The molecule has 0 bridgehead atoms. The van der Waals surface area contributed by atoms with E-state index in [0.29, 0.717) is 5.16 Å². The Labute approximate surface area is 157 Å². The van der Waals surface area contributed by atoms with Crippen molar-refractivity contribution in [2.24, 2.45) is 0 Å². The van der Waals surface area contributed by atoms with Gasteiger partial charge in [-0.05, 0) is 24.3 Å². The number of hydrogen-bond donors (Lipinski definition) is 2. The van der Waals surface area contributed by atoms with Crippen LogP contribution in [0.25, 0.3) is 0 Å². The van der Waals surface area contributed by atoms with E-state index in [9.17, 15) is 9.59 Å². The normalized spacial score (nSPS) is 12.4. The Morgan fingerprint density at radius 2 is 1.73 bits per heavy atom. The van der Waals surface area contributed by atoms with E-state index in [1.165, 1.54) is 6.07 Å². The molecule has 0 aliphatic carbocycles. The molecule has 0 fully saturated rings. The third-order valence-electron chi connectivity index (χ3n) is 3.75. The van der Waals surface area contributed by atoms with Gasteiger partial charge in [0.2, 0.25) is 5.91 Å². The van der Waals surface area contributed by atoms with Gasteiger partial charge in [-0.15, -0.1) is 0 Å². The number of nitrogen functional groups attached to an aromatic ring is 1. The van der Waals surface area contributed by atoms with Crippen molar-refractivity contribution >= 4 is 46.6 Å². The third-order valence-corrected chi connectivity index (χ3v) is 5.74. The van der Waals surface area contributed by atoms with Crippen molar-refractivity contribution in [3.05, 3.63) is 65.0 Å². The highest BCUT2D eigenvalue weighted by Gasteiger charge is 2.27. The third kappa shape index (κ3) is 3.21. The minimum atomic E-state index is -0.336. The monoisotopic (exact) mass is 382 g/mol. The summed E-state index contributed by atoms with van der Waals surface area (Å²) in [6.07, 6.45) is 0. The number of H-pyrrole nitrogens is 1. The van der Waals surface area contributed by atoms with Crippen molar-refractivity contribution in [2.75, 3.05) is 16.4 Å². The van der Waals surface area contributed by atoms with E-state index >= 15 is 0 Å². The highest BCUT2D eigenvalue weighted by atomic mass is 32.2. The summed E-state index contributed by atoms with van der Waals surface area (Å²) >= 11 is 2.80. The Balaban J connectivity index is 1.64. The number of fused-ring (bicyclic) bond motifs is 2. The van der Waals surface area contributed by atoms with E-state index in [2.05, 4.69) is 9.97 Å². The van der Waals surface area contributed by atoms with E-state index in [4.69, 9.17) is 5.73 Å². The van der Waals surface area contributed by atoms with Crippen molar-refractivity contribution in [1.29, 1.82) is 0 Å². The highest BCUT2D eigenvalue weighted by Crippen LogP contribution is 2.48. The van der Waals surface area contributed by atoms with Gasteiger partial charge in [0.1, 0.15) is 5.82 Å². The maximum Gasteiger partial charge on any atom is 0.253 e. The van der Waals surface area contributed by atoms with Crippen LogP contribution >= 0.6 is 23.5 Å². The fourth-order valence-electron chi connectivity index (χ4n) is 2.69. The zero-order chi connectivity index (χ0) is 18.1. The second-order valence-electron chi connectivity index (χ2n) is 5.53. The van der Waals surface area contributed by atoms with E-state index in [1.807, 2.05) is 48.5 Å². The number of amides is 1. The van der Waals surface area contributed by atoms with Gasteiger partial charge in [-0.3, -0.25) is 14.5 Å². The van der Waals surface area contributed by atoms with Gasteiger partial charge in [0, 0.05) is 15.9 Å². The van der Waals surface area contributed by atoms with Crippen LogP contribution in [0.15, 0.2) is 74.3 Å². The summed E-state index contributed by atoms with van der Waals surface area (Å²) in [5.41, 5.74) is 6.97. The number of para-hydroxylation sites is 2. The van der Waals surface area contributed by atoms with Gasteiger partial charge < -0.3 is 10.7 Å². The maximum absolute atomic E-state index is 13.0. The zero-order valence-corrected chi connectivity index (χ0v) is 15.1. The lowest BCUT2D eigenvalue weighted by Crippen LogP contribution is -2.30. The van der Waals surface area contributed by atoms with Crippen molar-refractivity contribution in [2.45, 2.75) is 14.9 Å². The second-order valence-corrected chi connectivity index (χ2v) is 7.58. The van der Waals surface area contributed by atoms with Crippen LogP contribution in [0, 0.1) is 0 Å². The topological polar surface area (TPSA) is 92.1 Å². The number of carbonyl (C=O) groups excluding carboxylic acids is 1. The first-order valence-electron chi connectivity index (χ1n) is 7.80. The number of nitrogens with zero attached hydrogens (tertiary/aromatic N) is 2. The lowest BCUT2D eigenvalue weighted by Gasteiger charge is -2.30. The first-order valence-corrected chi connectivity index (χ1v) is 9.60. The largest absolute Gasteiger partial charge is 0.383 e. The number of aromatic amines is 1. The number of nitrogens with two attached hydrogens (primary N) is 1. The number of anilines is 3. The van der Waals surface area contributed by atoms with Gasteiger partial charge in [0.25, 0.3) is 5.56 Å². The molecule has 8 heteroatoms. The van der Waals surface area contributed by atoms with Crippen molar-refractivity contribution in [1.82, 2.24) is 9.97 Å². The fourth-order valence-corrected chi connectivity index (χ4v) is 4.48. The molecule has 130 valence electrons. The molecule has 0 atom stereocenters. The van der Waals surface area contributed by atoms with Crippen molar-refractivity contribution in [3.8, 4) is 0 Å². The highest BCUT2D eigenvalue weighted by molar-refractivity contribution is 8.00. The minimum absolute atomic E-state index is 0.0970. The molecule has 0 radical (unpaired) electrons. The van der Waals surface area contributed by atoms with Crippen molar-refractivity contribution < 1.29 is 4.79 Å².